The maximum atomic E-state index is 11.4. The number of hydrogen-bond acceptors (Lipinski definition) is 5. The van der Waals surface area contributed by atoms with Crippen LogP contribution < -0.4 is 9.88 Å². The molecule has 1 fully saturated rings. The molecule has 1 aliphatic carbocycles. The van der Waals surface area contributed by atoms with Crippen molar-refractivity contribution in [1.29, 1.82) is 0 Å². The molecule has 19 heavy (non-hydrogen) atoms. The van der Waals surface area contributed by atoms with Gasteiger partial charge in [-0.3, -0.25) is 10.1 Å². The molecule has 0 saturated heterocycles. The van der Waals surface area contributed by atoms with Crippen molar-refractivity contribution in [2.75, 3.05) is 6.61 Å². The number of nitro benzene ring substituents is 1. The van der Waals surface area contributed by atoms with Crippen molar-refractivity contribution in [3.8, 4) is 5.75 Å². The summed E-state index contributed by atoms with van der Waals surface area (Å²) in [5.41, 5.74) is -0.333. The first kappa shape index (κ1) is 13.8. The first-order chi connectivity index (χ1) is 8.88. The van der Waals surface area contributed by atoms with Gasteiger partial charge in [-0.15, -0.1) is 0 Å². The van der Waals surface area contributed by atoms with Crippen LogP contribution in [-0.2, 0) is 10.0 Å². The van der Waals surface area contributed by atoms with Gasteiger partial charge in [0.15, 0.2) is 0 Å². The van der Waals surface area contributed by atoms with Crippen LogP contribution in [0, 0.1) is 16.0 Å². The van der Waals surface area contributed by atoms with Crippen LogP contribution in [0.1, 0.15) is 19.3 Å². The monoisotopic (exact) mass is 286 g/mol. The fraction of sp³-hybridized carbons (Fsp3) is 0.455. The fourth-order valence-electron chi connectivity index (χ4n) is 1.82. The predicted molar refractivity (Wildman–Crippen MR) is 67.3 cm³/mol. The standard InChI is InChI=1S/C11H14N2O5S/c12-19(16,17)11-6-9(13(14)15)4-5-10(11)18-7-8-2-1-3-8/h4-6,8H,1-3,7H2,(H2,12,16,17). The third-order valence-electron chi connectivity index (χ3n) is 3.14. The minimum Gasteiger partial charge on any atom is -0.492 e. The molecule has 0 heterocycles. The molecule has 0 aromatic heterocycles. The Kier molecular flexibility index (Phi) is 3.72. The van der Waals surface area contributed by atoms with E-state index in [2.05, 4.69) is 0 Å². The largest absolute Gasteiger partial charge is 0.492 e. The van der Waals surface area contributed by atoms with Gasteiger partial charge in [0.2, 0.25) is 10.0 Å². The average Bonchev–Trinajstić information content (AvgIpc) is 2.25. The van der Waals surface area contributed by atoms with Gasteiger partial charge in [0.05, 0.1) is 11.5 Å². The maximum absolute atomic E-state index is 11.4. The lowest BCUT2D eigenvalue weighted by Gasteiger charge is -2.25. The number of hydrogen-bond donors (Lipinski definition) is 1. The number of nitro groups is 1. The van der Waals surface area contributed by atoms with Crippen molar-refractivity contribution in [3.63, 3.8) is 0 Å². The summed E-state index contributed by atoms with van der Waals surface area (Å²) >= 11 is 0. The zero-order valence-electron chi connectivity index (χ0n) is 10.1. The minimum atomic E-state index is -4.06. The summed E-state index contributed by atoms with van der Waals surface area (Å²) in [7, 11) is -4.06. The Balaban J connectivity index is 2.27. The molecule has 1 saturated carbocycles. The number of ether oxygens (including phenoxy) is 1. The lowest BCUT2D eigenvalue weighted by molar-refractivity contribution is -0.385. The first-order valence-corrected chi connectivity index (χ1v) is 7.36. The van der Waals surface area contributed by atoms with Gasteiger partial charge in [-0.05, 0) is 24.8 Å². The average molecular weight is 286 g/mol. The maximum Gasteiger partial charge on any atom is 0.271 e. The van der Waals surface area contributed by atoms with E-state index >= 15 is 0 Å². The van der Waals surface area contributed by atoms with Gasteiger partial charge in [-0.2, -0.15) is 0 Å². The predicted octanol–water partition coefficient (Wildman–Crippen LogP) is 1.42. The first-order valence-electron chi connectivity index (χ1n) is 5.82. The number of rotatable bonds is 5. The summed E-state index contributed by atoms with van der Waals surface area (Å²) in [5, 5.41) is 15.7. The van der Waals surface area contributed by atoms with Crippen LogP contribution >= 0.6 is 0 Å². The molecule has 0 amide bonds. The Morgan fingerprint density at radius 3 is 2.58 bits per heavy atom. The van der Waals surface area contributed by atoms with E-state index in [4.69, 9.17) is 9.88 Å². The van der Waals surface area contributed by atoms with Crippen molar-refractivity contribution < 1.29 is 18.1 Å². The highest BCUT2D eigenvalue weighted by molar-refractivity contribution is 7.89. The van der Waals surface area contributed by atoms with Crippen LogP contribution in [0.25, 0.3) is 0 Å². The molecule has 104 valence electrons. The van der Waals surface area contributed by atoms with Crippen LogP contribution in [0.15, 0.2) is 23.1 Å². The SMILES string of the molecule is NS(=O)(=O)c1cc([N+](=O)[O-])ccc1OCC1CCC1. The smallest absolute Gasteiger partial charge is 0.271 e. The Morgan fingerprint density at radius 2 is 2.11 bits per heavy atom. The van der Waals surface area contributed by atoms with Crippen molar-refractivity contribution in [1.82, 2.24) is 0 Å². The Bertz CT molecular complexity index is 595. The van der Waals surface area contributed by atoms with Gasteiger partial charge in [0, 0.05) is 12.1 Å². The highest BCUT2D eigenvalue weighted by Gasteiger charge is 2.22. The summed E-state index contributed by atoms with van der Waals surface area (Å²) in [6.45, 7) is 0.403. The van der Waals surface area contributed by atoms with E-state index in [0.717, 1.165) is 25.3 Å². The van der Waals surface area contributed by atoms with E-state index in [1.807, 2.05) is 0 Å². The van der Waals surface area contributed by atoms with Crippen LogP contribution in [0.4, 0.5) is 5.69 Å². The van der Waals surface area contributed by atoms with Crippen LogP contribution in [-0.4, -0.2) is 19.9 Å². The molecule has 0 spiro atoms. The lowest BCUT2D eigenvalue weighted by atomic mass is 9.86. The number of benzene rings is 1. The zero-order valence-corrected chi connectivity index (χ0v) is 10.9. The molecule has 1 aliphatic rings. The third-order valence-corrected chi connectivity index (χ3v) is 4.08. The number of nitrogens with two attached hydrogens (primary N) is 1. The Labute approximate surface area is 110 Å². The topological polar surface area (TPSA) is 113 Å². The Hall–Kier alpha value is -1.67. The second-order valence-corrected chi connectivity index (χ2v) is 6.07. The molecule has 1 aromatic rings. The number of non-ortho nitro benzene ring substituents is 1. The van der Waals surface area contributed by atoms with Crippen molar-refractivity contribution in [2.45, 2.75) is 24.2 Å². The summed E-state index contributed by atoms with van der Waals surface area (Å²) in [4.78, 5) is 9.62. The van der Waals surface area contributed by atoms with E-state index in [9.17, 15) is 18.5 Å². The van der Waals surface area contributed by atoms with Gasteiger partial charge < -0.3 is 4.74 Å². The molecule has 0 atom stereocenters. The minimum absolute atomic E-state index is 0.0694. The zero-order chi connectivity index (χ0) is 14.0. The fourth-order valence-corrected chi connectivity index (χ4v) is 2.51. The summed E-state index contributed by atoms with van der Waals surface area (Å²) < 4.78 is 28.3. The molecule has 8 heteroatoms. The van der Waals surface area contributed by atoms with E-state index in [-0.39, 0.29) is 16.3 Å². The molecule has 2 rings (SSSR count). The van der Waals surface area contributed by atoms with Crippen molar-refractivity contribution >= 4 is 15.7 Å². The Morgan fingerprint density at radius 1 is 1.42 bits per heavy atom. The molecule has 7 nitrogen and oxygen atoms in total. The quantitative estimate of drug-likeness (QED) is 0.649. The molecular weight excluding hydrogens is 272 g/mol. The second-order valence-electron chi connectivity index (χ2n) is 4.54. The van der Waals surface area contributed by atoms with E-state index in [1.54, 1.807) is 0 Å². The molecular formula is C11H14N2O5S. The van der Waals surface area contributed by atoms with Gasteiger partial charge in [0.25, 0.3) is 5.69 Å². The van der Waals surface area contributed by atoms with Crippen LogP contribution in [0.2, 0.25) is 0 Å². The molecule has 0 bridgehead atoms. The van der Waals surface area contributed by atoms with Gasteiger partial charge >= 0.3 is 0 Å². The molecule has 0 aliphatic heterocycles. The highest BCUT2D eigenvalue weighted by atomic mass is 32.2. The van der Waals surface area contributed by atoms with E-state index in [0.29, 0.717) is 12.5 Å². The van der Waals surface area contributed by atoms with Crippen LogP contribution in [0.5, 0.6) is 5.75 Å². The molecule has 0 radical (unpaired) electrons. The lowest BCUT2D eigenvalue weighted by Crippen LogP contribution is -2.21. The molecule has 0 unspecified atom stereocenters. The number of primary sulfonamides is 1. The van der Waals surface area contributed by atoms with Gasteiger partial charge in [-0.1, -0.05) is 6.42 Å². The number of sulfonamides is 1. The van der Waals surface area contributed by atoms with E-state index < -0.39 is 14.9 Å². The van der Waals surface area contributed by atoms with E-state index in [1.165, 1.54) is 12.1 Å². The third kappa shape index (κ3) is 3.21. The van der Waals surface area contributed by atoms with Gasteiger partial charge in [0.1, 0.15) is 10.6 Å². The summed E-state index contributed by atoms with van der Waals surface area (Å²) in [6, 6.07) is 3.40. The second kappa shape index (κ2) is 5.14. The summed E-state index contributed by atoms with van der Waals surface area (Å²) in [6.07, 6.45) is 3.26. The molecule has 2 N–H and O–H groups in total. The highest BCUT2D eigenvalue weighted by Crippen LogP contribution is 2.31. The number of nitrogens with zero attached hydrogens (tertiary/aromatic N) is 1. The van der Waals surface area contributed by atoms with Crippen molar-refractivity contribution in [3.05, 3.63) is 28.3 Å². The van der Waals surface area contributed by atoms with Gasteiger partial charge in [-0.25, -0.2) is 13.6 Å². The summed E-state index contributed by atoms with van der Waals surface area (Å²) in [5.74, 6) is 0.489. The van der Waals surface area contributed by atoms with Crippen LogP contribution in [0.3, 0.4) is 0 Å². The molecule has 1 aromatic carbocycles. The van der Waals surface area contributed by atoms with Crippen molar-refractivity contribution in [2.24, 2.45) is 11.1 Å². The normalized spacial score (nSPS) is 15.8.